The summed E-state index contributed by atoms with van der Waals surface area (Å²) in [7, 11) is 0. The zero-order valence-electron chi connectivity index (χ0n) is 15.3. The van der Waals surface area contributed by atoms with Crippen LogP contribution in [0.3, 0.4) is 0 Å². The first kappa shape index (κ1) is 20.0. The van der Waals surface area contributed by atoms with Gasteiger partial charge in [0.2, 0.25) is 0 Å². The lowest BCUT2D eigenvalue weighted by Crippen LogP contribution is -2.38. The summed E-state index contributed by atoms with van der Waals surface area (Å²) in [5, 5.41) is 0. The Kier molecular flexibility index (Phi) is 12.1. The van der Waals surface area contributed by atoms with Crippen LogP contribution < -0.4 is 0 Å². The van der Waals surface area contributed by atoms with Crippen molar-refractivity contribution in [1.29, 1.82) is 0 Å². The maximum Gasteiger partial charge on any atom is 0.168 e. The highest BCUT2D eigenvalue weighted by atomic mass is 16.7. The van der Waals surface area contributed by atoms with Crippen molar-refractivity contribution in [3.8, 4) is 0 Å². The van der Waals surface area contributed by atoms with E-state index in [2.05, 4.69) is 13.8 Å². The van der Waals surface area contributed by atoms with Crippen LogP contribution in [-0.2, 0) is 9.47 Å². The first-order valence-electron chi connectivity index (χ1n) is 10.1. The molecular weight excluding hydrogens is 272 g/mol. The largest absolute Gasteiger partial charge is 0.350 e. The van der Waals surface area contributed by atoms with E-state index in [9.17, 15) is 0 Å². The van der Waals surface area contributed by atoms with Gasteiger partial charge >= 0.3 is 0 Å². The van der Waals surface area contributed by atoms with Crippen molar-refractivity contribution >= 4 is 0 Å². The second-order valence-corrected chi connectivity index (χ2v) is 7.00. The second-order valence-electron chi connectivity index (χ2n) is 7.00. The fraction of sp³-hybridized carbons (Fsp3) is 1.00. The van der Waals surface area contributed by atoms with Crippen molar-refractivity contribution in [2.75, 3.05) is 13.2 Å². The molecule has 2 nitrogen and oxygen atoms in total. The summed E-state index contributed by atoms with van der Waals surface area (Å²) in [6.07, 6.45) is 19.2. The van der Waals surface area contributed by atoms with Crippen LogP contribution in [0.15, 0.2) is 0 Å². The third-order valence-electron chi connectivity index (χ3n) is 4.84. The van der Waals surface area contributed by atoms with Gasteiger partial charge in [0.05, 0.1) is 13.2 Å². The highest BCUT2D eigenvalue weighted by Gasteiger charge is 2.33. The van der Waals surface area contributed by atoms with E-state index in [0.29, 0.717) is 0 Å². The third kappa shape index (κ3) is 9.15. The maximum absolute atomic E-state index is 6.26. The van der Waals surface area contributed by atoms with E-state index < -0.39 is 0 Å². The average molecular weight is 313 g/mol. The van der Waals surface area contributed by atoms with Gasteiger partial charge in [-0.3, -0.25) is 0 Å². The van der Waals surface area contributed by atoms with E-state index >= 15 is 0 Å². The molecule has 1 rings (SSSR count). The Bertz CT molecular complexity index is 216. The number of unbranched alkanes of at least 4 members (excludes halogenated alkanes) is 8. The monoisotopic (exact) mass is 312 g/mol. The molecule has 1 fully saturated rings. The van der Waals surface area contributed by atoms with Crippen LogP contribution >= 0.6 is 0 Å². The first-order chi connectivity index (χ1) is 10.8. The molecule has 0 heterocycles. The molecule has 0 atom stereocenters. The smallest absolute Gasteiger partial charge is 0.168 e. The van der Waals surface area contributed by atoms with Crippen LogP contribution in [0.5, 0.6) is 0 Å². The first-order valence-corrected chi connectivity index (χ1v) is 10.1. The Morgan fingerprint density at radius 3 is 1.50 bits per heavy atom. The van der Waals surface area contributed by atoms with Crippen LogP contribution in [0.2, 0.25) is 0 Å². The summed E-state index contributed by atoms with van der Waals surface area (Å²) in [6.45, 7) is 6.31. The number of hydrogen-bond donors (Lipinski definition) is 0. The summed E-state index contributed by atoms with van der Waals surface area (Å²) in [5.41, 5.74) is 0. The Labute approximate surface area is 139 Å². The van der Waals surface area contributed by atoms with Gasteiger partial charge in [-0.15, -0.1) is 0 Å². The lowest BCUT2D eigenvalue weighted by atomic mass is 9.94. The van der Waals surface area contributed by atoms with Crippen LogP contribution in [0, 0.1) is 0 Å². The molecule has 2 heteroatoms. The Hall–Kier alpha value is -0.0800. The molecule has 22 heavy (non-hydrogen) atoms. The molecule has 0 aromatic heterocycles. The van der Waals surface area contributed by atoms with Gasteiger partial charge in [0.25, 0.3) is 0 Å². The summed E-state index contributed by atoms with van der Waals surface area (Å²) in [4.78, 5) is 0. The zero-order chi connectivity index (χ0) is 15.9. The molecule has 0 radical (unpaired) electrons. The van der Waals surface area contributed by atoms with Crippen LogP contribution in [0.4, 0.5) is 0 Å². The lowest BCUT2D eigenvalue weighted by Gasteiger charge is -2.37. The maximum atomic E-state index is 6.26. The van der Waals surface area contributed by atoms with Gasteiger partial charge in [-0.25, -0.2) is 0 Å². The van der Waals surface area contributed by atoms with E-state index in [-0.39, 0.29) is 5.79 Å². The van der Waals surface area contributed by atoms with Gasteiger partial charge < -0.3 is 9.47 Å². The zero-order valence-corrected chi connectivity index (χ0v) is 15.3. The topological polar surface area (TPSA) is 18.5 Å². The van der Waals surface area contributed by atoms with E-state index in [1.807, 2.05) is 0 Å². The molecule has 0 bridgehead atoms. The predicted molar refractivity (Wildman–Crippen MR) is 95.2 cm³/mol. The second kappa shape index (κ2) is 13.4. The average Bonchev–Trinajstić information content (AvgIpc) is 2.55. The predicted octanol–water partition coefficient (Wildman–Crippen LogP) is 6.62. The molecule has 0 aromatic carbocycles. The standard InChI is InChI=1S/C20H40O2/c1-3-5-7-9-14-18-21-20(16-12-11-13-17-20)22-19-15-10-8-6-4-2/h3-19H2,1-2H3. The summed E-state index contributed by atoms with van der Waals surface area (Å²) >= 11 is 0. The number of ether oxygens (including phenoxy) is 2. The minimum Gasteiger partial charge on any atom is -0.350 e. The molecular formula is C20H40O2. The van der Waals surface area contributed by atoms with Crippen molar-refractivity contribution in [3.63, 3.8) is 0 Å². The quantitative estimate of drug-likeness (QED) is 0.265. The van der Waals surface area contributed by atoms with Gasteiger partial charge in [0.1, 0.15) is 0 Å². The summed E-state index contributed by atoms with van der Waals surface area (Å²) in [6, 6.07) is 0. The fourth-order valence-corrected chi connectivity index (χ4v) is 3.35. The highest BCUT2D eigenvalue weighted by molar-refractivity contribution is 4.75. The Balaban J connectivity index is 2.17. The molecule has 0 saturated heterocycles. The molecule has 0 amide bonds. The Morgan fingerprint density at radius 1 is 0.591 bits per heavy atom. The lowest BCUT2D eigenvalue weighted by molar-refractivity contribution is -0.253. The van der Waals surface area contributed by atoms with E-state index in [4.69, 9.17) is 9.47 Å². The van der Waals surface area contributed by atoms with Gasteiger partial charge in [-0.1, -0.05) is 71.6 Å². The summed E-state index contributed by atoms with van der Waals surface area (Å²) in [5.74, 6) is -0.228. The van der Waals surface area contributed by atoms with Crippen molar-refractivity contribution < 1.29 is 9.47 Å². The molecule has 0 aliphatic heterocycles. The van der Waals surface area contributed by atoms with Gasteiger partial charge in [-0.05, 0) is 25.7 Å². The van der Waals surface area contributed by atoms with Crippen molar-refractivity contribution in [2.24, 2.45) is 0 Å². The molecule has 1 aliphatic rings. The molecule has 0 aromatic rings. The highest BCUT2D eigenvalue weighted by Crippen LogP contribution is 2.33. The van der Waals surface area contributed by atoms with Gasteiger partial charge in [0, 0.05) is 12.8 Å². The van der Waals surface area contributed by atoms with Crippen molar-refractivity contribution in [3.05, 3.63) is 0 Å². The number of rotatable bonds is 14. The summed E-state index contributed by atoms with van der Waals surface area (Å²) < 4.78 is 12.5. The molecule has 0 N–H and O–H groups in total. The molecule has 0 spiro atoms. The fourth-order valence-electron chi connectivity index (χ4n) is 3.35. The van der Waals surface area contributed by atoms with E-state index in [1.54, 1.807) is 0 Å². The third-order valence-corrected chi connectivity index (χ3v) is 4.84. The Morgan fingerprint density at radius 2 is 1.05 bits per heavy atom. The molecule has 1 aliphatic carbocycles. The van der Waals surface area contributed by atoms with E-state index in [1.165, 1.54) is 83.5 Å². The molecule has 132 valence electrons. The normalized spacial score (nSPS) is 17.7. The van der Waals surface area contributed by atoms with Crippen LogP contribution in [0.25, 0.3) is 0 Å². The van der Waals surface area contributed by atoms with Gasteiger partial charge in [0.15, 0.2) is 5.79 Å². The van der Waals surface area contributed by atoms with Crippen molar-refractivity contribution in [1.82, 2.24) is 0 Å². The molecule has 1 saturated carbocycles. The van der Waals surface area contributed by atoms with Gasteiger partial charge in [-0.2, -0.15) is 0 Å². The van der Waals surface area contributed by atoms with Crippen LogP contribution in [-0.4, -0.2) is 19.0 Å². The van der Waals surface area contributed by atoms with E-state index in [0.717, 1.165) is 26.1 Å². The SMILES string of the molecule is CCCCCCCOC1(OCCCCCCC)CCCCC1. The minimum atomic E-state index is -0.228. The van der Waals surface area contributed by atoms with Crippen molar-refractivity contribution in [2.45, 2.75) is 116 Å². The minimum absolute atomic E-state index is 0.228. The van der Waals surface area contributed by atoms with Crippen LogP contribution in [0.1, 0.15) is 110 Å². The molecule has 0 unspecified atom stereocenters. The number of hydrogen-bond acceptors (Lipinski definition) is 2.